The van der Waals surface area contributed by atoms with Crippen LogP contribution in [0.3, 0.4) is 0 Å². The number of carbonyl (C=O) groups excluding carboxylic acids is 1. The molecule has 154 valence electrons. The molecule has 2 aromatic rings. The molecule has 29 heavy (non-hydrogen) atoms. The third-order valence-corrected chi connectivity index (χ3v) is 7.35. The number of hydrogen-bond acceptors (Lipinski definition) is 4. The van der Waals surface area contributed by atoms with Gasteiger partial charge in [0.25, 0.3) is 0 Å². The maximum atomic E-state index is 13.8. The highest BCUT2D eigenvalue weighted by Crippen LogP contribution is 2.56. The minimum atomic E-state index is -0.340. The van der Waals surface area contributed by atoms with E-state index < -0.39 is 0 Å². The molecule has 0 aliphatic carbocycles. The van der Waals surface area contributed by atoms with Gasteiger partial charge in [-0.3, -0.25) is 14.4 Å². The average molecular weight is 395 g/mol. The highest BCUT2D eigenvalue weighted by molar-refractivity contribution is 6.04. The van der Waals surface area contributed by atoms with E-state index in [1.54, 1.807) is 7.11 Å². The molecule has 1 spiro atoms. The minimum Gasteiger partial charge on any atom is -0.497 e. The van der Waals surface area contributed by atoms with E-state index in [1.807, 2.05) is 35.4 Å². The third kappa shape index (κ3) is 2.58. The molecule has 1 aromatic heterocycles. The lowest BCUT2D eigenvalue weighted by atomic mass is 9.85. The van der Waals surface area contributed by atoms with Gasteiger partial charge >= 0.3 is 0 Å². The fraction of sp³-hybridized carbons (Fsp3) is 0.565. The molecule has 0 N–H and O–H groups in total. The first-order chi connectivity index (χ1) is 14.1. The molecule has 1 amide bonds. The summed E-state index contributed by atoms with van der Waals surface area (Å²) in [5.74, 6) is 1.43. The SMILES string of the molecule is CCCn1ncc([C@@H]2C[C@H]3CN(c4cccc(OC)c4)C(=O)[C@]34CCCN24)c1C. The van der Waals surface area contributed by atoms with E-state index in [4.69, 9.17) is 4.74 Å². The van der Waals surface area contributed by atoms with Crippen molar-refractivity contribution in [3.05, 3.63) is 41.7 Å². The molecular formula is C23H30N4O2. The van der Waals surface area contributed by atoms with Gasteiger partial charge in [-0.1, -0.05) is 13.0 Å². The van der Waals surface area contributed by atoms with Crippen LogP contribution in [-0.2, 0) is 11.3 Å². The molecule has 3 fully saturated rings. The molecule has 4 heterocycles. The lowest BCUT2D eigenvalue weighted by Crippen LogP contribution is -2.49. The zero-order valence-electron chi connectivity index (χ0n) is 17.6. The quantitative estimate of drug-likeness (QED) is 0.778. The summed E-state index contributed by atoms with van der Waals surface area (Å²) < 4.78 is 7.50. The number of benzene rings is 1. The van der Waals surface area contributed by atoms with Crippen molar-refractivity contribution in [3.63, 3.8) is 0 Å². The third-order valence-electron chi connectivity index (χ3n) is 7.35. The second kappa shape index (κ2) is 6.87. The molecule has 3 atom stereocenters. The van der Waals surface area contributed by atoms with Gasteiger partial charge in [0.1, 0.15) is 11.3 Å². The normalized spacial score (nSPS) is 28.8. The van der Waals surface area contributed by atoms with Crippen molar-refractivity contribution >= 4 is 11.6 Å². The van der Waals surface area contributed by atoms with E-state index in [2.05, 4.69) is 28.5 Å². The number of nitrogens with zero attached hydrogens (tertiary/aromatic N) is 4. The van der Waals surface area contributed by atoms with E-state index in [1.165, 1.54) is 11.3 Å². The summed E-state index contributed by atoms with van der Waals surface area (Å²) in [5.41, 5.74) is 3.19. The van der Waals surface area contributed by atoms with Crippen LogP contribution in [0.4, 0.5) is 5.69 Å². The highest BCUT2D eigenvalue weighted by atomic mass is 16.5. The predicted octanol–water partition coefficient (Wildman–Crippen LogP) is 3.55. The first-order valence-electron chi connectivity index (χ1n) is 10.8. The molecular weight excluding hydrogens is 364 g/mol. The van der Waals surface area contributed by atoms with Crippen molar-refractivity contribution in [3.8, 4) is 5.75 Å². The summed E-state index contributed by atoms with van der Waals surface area (Å²) in [7, 11) is 1.67. The van der Waals surface area contributed by atoms with E-state index in [0.29, 0.717) is 12.0 Å². The molecule has 0 saturated carbocycles. The Morgan fingerprint density at radius 3 is 3.00 bits per heavy atom. The van der Waals surface area contributed by atoms with Crippen LogP contribution in [0.15, 0.2) is 30.5 Å². The Bertz CT molecular complexity index is 939. The maximum absolute atomic E-state index is 13.8. The van der Waals surface area contributed by atoms with E-state index in [9.17, 15) is 4.79 Å². The smallest absolute Gasteiger partial charge is 0.247 e. The Balaban J connectivity index is 1.47. The van der Waals surface area contributed by atoms with Gasteiger partial charge in [0.05, 0.1) is 13.3 Å². The van der Waals surface area contributed by atoms with Crippen LogP contribution in [0.2, 0.25) is 0 Å². The highest BCUT2D eigenvalue weighted by Gasteiger charge is 2.65. The number of amides is 1. The van der Waals surface area contributed by atoms with Crippen molar-refractivity contribution < 1.29 is 9.53 Å². The van der Waals surface area contributed by atoms with E-state index >= 15 is 0 Å². The van der Waals surface area contributed by atoms with Crippen molar-refractivity contribution in [1.82, 2.24) is 14.7 Å². The predicted molar refractivity (Wildman–Crippen MR) is 112 cm³/mol. The fourth-order valence-corrected chi connectivity index (χ4v) is 6.01. The summed E-state index contributed by atoms with van der Waals surface area (Å²) in [6.07, 6.45) is 6.22. The topological polar surface area (TPSA) is 50.6 Å². The van der Waals surface area contributed by atoms with Crippen molar-refractivity contribution in [2.75, 3.05) is 25.1 Å². The molecule has 1 aromatic carbocycles. The minimum absolute atomic E-state index is 0.273. The molecule has 0 unspecified atom stereocenters. The largest absolute Gasteiger partial charge is 0.497 e. The monoisotopic (exact) mass is 394 g/mol. The Kier molecular flexibility index (Phi) is 4.42. The number of aryl methyl sites for hydroxylation is 1. The van der Waals surface area contributed by atoms with E-state index in [-0.39, 0.29) is 11.4 Å². The van der Waals surface area contributed by atoms with Crippen LogP contribution in [0.25, 0.3) is 0 Å². The van der Waals surface area contributed by atoms with Gasteiger partial charge in [-0.15, -0.1) is 0 Å². The molecule has 0 bridgehead atoms. The number of aromatic nitrogens is 2. The Morgan fingerprint density at radius 2 is 2.21 bits per heavy atom. The summed E-state index contributed by atoms with van der Waals surface area (Å²) >= 11 is 0. The molecule has 6 nitrogen and oxygen atoms in total. The van der Waals surface area contributed by atoms with Gasteiger partial charge in [-0.25, -0.2) is 0 Å². The summed E-state index contributed by atoms with van der Waals surface area (Å²) in [4.78, 5) is 18.3. The summed E-state index contributed by atoms with van der Waals surface area (Å²) in [6, 6.07) is 8.20. The second-order valence-corrected chi connectivity index (χ2v) is 8.70. The van der Waals surface area contributed by atoms with Crippen LogP contribution in [0.1, 0.15) is 49.9 Å². The molecule has 3 saturated heterocycles. The number of hydrogen-bond donors (Lipinski definition) is 0. The van der Waals surface area contributed by atoms with Gasteiger partial charge < -0.3 is 9.64 Å². The zero-order valence-corrected chi connectivity index (χ0v) is 17.6. The molecule has 0 radical (unpaired) electrons. The van der Waals surface area contributed by atoms with Gasteiger partial charge in [0.15, 0.2) is 0 Å². The van der Waals surface area contributed by atoms with Crippen molar-refractivity contribution in [2.45, 2.75) is 57.7 Å². The Hall–Kier alpha value is -2.34. The number of anilines is 1. The molecule has 3 aliphatic rings. The average Bonchev–Trinajstić information content (AvgIpc) is 3.45. The lowest BCUT2D eigenvalue weighted by Gasteiger charge is -2.33. The first kappa shape index (κ1) is 18.7. The Labute approximate surface area is 172 Å². The molecule has 3 aliphatic heterocycles. The van der Waals surface area contributed by atoms with E-state index in [0.717, 1.165) is 56.8 Å². The molecule has 6 heteroatoms. The van der Waals surface area contributed by atoms with Crippen LogP contribution in [-0.4, -0.2) is 46.3 Å². The molecule has 5 rings (SSSR count). The second-order valence-electron chi connectivity index (χ2n) is 8.70. The summed E-state index contributed by atoms with van der Waals surface area (Å²) in [6.45, 7) is 7.11. The standard InChI is InChI=1S/C23H30N4O2/c1-4-10-27-16(2)20(14-24-27)21-12-17-15-25(18-7-5-8-19(13-18)29-3)22(28)23(17)9-6-11-26(21)23/h5,7-8,13-14,17,21H,4,6,9-12,15H2,1-3H3/t17-,21-,23-/m0/s1. The van der Waals surface area contributed by atoms with Crippen molar-refractivity contribution in [1.29, 1.82) is 0 Å². The van der Waals surface area contributed by atoms with Crippen LogP contribution < -0.4 is 9.64 Å². The maximum Gasteiger partial charge on any atom is 0.247 e. The lowest BCUT2D eigenvalue weighted by molar-refractivity contribution is -0.126. The van der Waals surface area contributed by atoms with Crippen molar-refractivity contribution in [2.24, 2.45) is 5.92 Å². The number of carbonyl (C=O) groups is 1. The van der Waals surface area contributed by atoms with Crippen LogP contribution in [0.5, 0.6) is 5.75 Å². The number of ether oxygens (including phenoxy) is 1. The summed E-state index contributed by atoms with van der Waals surface area (Å²) in [5, 5.41) is 4.64. The van der Waals surface area contributed by atoms with Gasteiger partial charge in [0, 0.05) is 48.1 Å². The van der Waals surface area contributed by atoms with Crippen LogP contribution in [0, 0.1) is 12.8 Å². The number of rotatable bonds is 5. The fourth-order valence-electron chi connectivity index (χ4n) is 6.01. The van der Waals surface area contributed by atoms with Crippen LogP contribution >= 0.6 is 0 Å². The van der Waals surface area contributed by atoms with Gasteiger partial charge in [-0.2, -0.15) is 5.10 Å². The number of methoxy groups -OCH3 is 1. The Morgan fingerprint density at radius 1 is 1.34 bits per heavy atom. The van der Waals surface area contributed by atoms with Gasteiger partial charge in [-0.05, 0) is 51.3 Å². The first-order valence-corrected chi connectivity index (χ1v) is 10.8. The zero-order chi connectivity index (χ0) is 20.2. The van der Waals surface area contributed by atoms with Gasteiger partial charge in [0.2, 0.25) is 5.91 Å².